The van der Waals surface area contributed by atoms with E-state index in [0.717, 1.165) is 0 Å². The molecule has 0 bridgehead atoms. The van der Waals surface area contributed by atoms with Crippen LogP contribution in [0.5, 0.6) is 5.88 Å². The maximum atomic E-state index is 12.4. The van der Waals surface area contributed by atoms with Crippen LogP contribution in [0, 0.1) is 0 Å². The second-order valence-corrected chi connectivity index (χ2v) is 6.53. The molecule has 2 aromatic heterocycles. The summed E-state index contributed by atoms with van der Waals surface area (Å²) in [5.74, 6) is 0.635. The molecule has 8 nitrogen and oxygen atoms in total. The standard InChI is InChI=1S/C19H22F3N5O3/c1-23-18(25-12-14-4-2-6-24-16(14)30-13-19(20,21)22)27-9-7-26(8-10-27)17(28)15-5-3-11-29-15/h2-6,11H,7-10,12-13H2,1H3,(H,23,25). The summed E-state index contributed by atoms with van der Waals surface area (Å²) in [6.45, 7) is 0.879. The van der Waals surface area contributed by atoms with Gasteiger partial charge in [0.2, 0.25) is 5.88 Å². The molecule has 1 fully saturated rings. The van der Waals surface area contributed by atoms with Crippen molar-refractivity contribution in [3.8, 4) is 5.88 Å². The quantitative estimate of drug-likeness (QED) is 0.584. The van der Waals surface area contributed by atoms with Crippen LogP contribution in [0.3, 0.4) is 0 Å². The molecule has 1 amide bonds. The van der Waals surface area contributed by atoms with Crippen molar-refractivity contribution < 1.29 is 27.1 Å². The number of rotatable bonds is 5. The van der Waals surface area contributed by atoms with Crippen LogP contribution in [0.15, 0.2) is 46.1 Å². The Labute approximate surface area is 171 Å². The van der Waals surface area contributed by atoms with E-state index in [4.69, 9.17) is 9.15 Å². The zero-order valence-corrected chi connectivity index (χ0v) is 16.4. The smallest absolute Gasteiger partial charge is 0.422 e. The largest absolute Gasteiger partial charge is 0.468 e. The molecule has 1 aliphatic heterocycles. The van der Waals surface area contributed by atoms with Crippen molar-refractivity contribution in [3.63, 3.8) is 0 Å². The number of furan rings is 1. The molecule has 3 rings (SSSR count). The fourth-order valence-corrected chi connectivity index (χ4v) is 3.02. The number of halogens is 3. The number of pyridine rings is 1. The van der Waals surface area contributed by atoms with Crippen molar-refractivity contribution in [2.24, 2.45) is 4.99 Å². The van der Waals surface area contributed by atoms with Gasteiger partial charge in [-0.05, 0) is 18.2 Å². The number of nitrogens with zero attached hydrogens (tertiary/aromatic N) is 4. The lowest BCUT2D eigenvalue weighted by Crippen LogP contribution is -2.53. The lowest BCUT2D eigenvalue weighted by Gasteiger charge is -2.36. The maximum Gasteiger partial charge on any atom is 0.422 e. The van der Waals surface area contributed by atoms with Crippen LogP contribution in [-0.4, -0.2) is 72.7 Å². The van der Waals surface area contributed by atoms with Crippen LogP contribution in [-0.2, 0) is 6.54 Å². The lowest BCUT2D eigenvalue weighted by atomic mass is 10.2. The van der Waals surface area contributed by atoms with Crippen molar-refractivity contribution in [1.82, 2.24) is 20.1 Å². The molecule has 0 radical (unpaired) electrons. The highest BCUT2D eigenvalue weighted by atomic mass is 19.4. The Balaban J connectivity index is 1.54. The van der Waals surface area contributed by atoms with Crippen molar-refractivity contribution in [2.45, 2.75) is 12.7 Å². The SMILES string of the molecule is CN=C(NCc1cccnc1OCC(F)(F)F)N1CCN(C(=O)c2ccco2)CC1. The molecule has 0 saturated carbocycles. The lowest BCUT2D eigenvalue weighted by molar-refractivity contribution is -0.154. The molecule has 2 aromatic rings. The van der Waals surface area contributed by atoms with E-state index in [0.29, 0.717) is 43.5 Å². The van der Waals surface area contributed by atoms with E-state index in [1.807, 2.05) is 4.90 Å². The van der Waals surface area contributed by atoms with E-state index >= 15 is 0 Å². The van der Waals surface area contributed by atoms with Gasteiger partial charge in [0.25, 0.3) is 5.91 Å². The van der Waals surface area contributed by atoms with Crippen LogP contribution in [0.1, 0.15) is 16.1 Å². The minimum atomic E-state index is -4.44. The molecule has 1 aliphatic rings. The van der Waals surface area contributed by atoms with Gasteiger partial charge in [0.1, 0.15) is 0 Å². The highest BCUT2D eigenvalue weighted by Gasteiger charge is 2.29. The van der Waals surface area contributed by atoms with Gasteiger partial charge < -0.3 is 24.3 Å². The molecule has 3 heterocycles. The first-order valence-electron chi connectivity index (χ1n) is 9.29. The Morgan fingerprint density at radius 1 is 1.23 bits per heavy atom. The van der Waals surface area contributed by atoms with Gasteiger partial charge in [-0.25, -0.2) is 4.98 Å². The van der Waals surface area contributed by atoms with Crippen LogP contribution in [0.4, 0.5) is 13.2 Å². The Kier molecular flexibility index (Phi) is 6.80. The summed E-state index contributed by atoms with van der Waals surface area (Å²) < 4.78 is 47.3. The van der Waals surface area contributed by atoms with E-state index in [-0.39, 0.29) is 18.3 Å². The molecule has 0 unspecified atom stereocenters. The summed E-state index contributed by atoms with van der Waals surface area (Å²) in [5.41, 5.74) is 0.481. The van der Waals surface area contributed by atoms with Gasteiger partial charge in [-0.1, -0.05) is 6.07 Å². The number of hydrogen-bond acceptors (Lipinski definition) is 5. The number of nitrogens with one attached hydrogen (secondary N) is 1. The zero-order chi connectivity index (χ0) is 21.6. The number of ether oxygens (including phenoxy) is 1. The van der Waals surface area contributed by atoms with Gasteiger partial charge in [0.15, 0.2) is 18.3 Å². The molecule has 1 N–H and O–H groups in total. The number of carbonyl (C=O) groups excluding carboxylic acids is 1. The van der Waals surface area contributed by atoms with Gasteiger partial charge in [-0.15, -0.1) is 0 Å². The third-order valence-corrected chi connectivity index (χ3v) is 4.47. The Morgan fingerprint density at radius 2 is 1.97 bits per heavy atom. The van der Waals surface area contributed by atoms with Gasteiger partial charge in [-0.3, -0.25) is 9.79 Å². The average molecular weight is 425 g/mol. The summed E-state index contributed by atoms with van der Waals surface area (Å²) in [7, 11) is 1.62. The Bertz CT molecular complexity index is 863. The van der Waals surface area contributed by atoms with Crippen LogP contribution in [0.25, 0.3) is 0 Å². The normalized spacial score (nSPS) is 15.3. The summed E-state index contributed by atoms with van der Waals surface area (Å²) in [5, 5.41) is 3.12. The number of guanidine groups is 1. The van der Waals surface area contributed by atoms with Crippen molar-refractivity contribution in [1.29, 1.82) is 0 Å². The molecule has 11 heteroatoms. The second-order valence-electron chi connectivity index (χ2n) is 6.53. The van der Waals surface area contributed by atoms with Crippen LogP contribution >= 0.6 is 0 Å². The molecular formula is C19H22F3N5O3. The third kappa shape index (κ3) is 5.65. The Hall–Kier alpha value is -3.24. The summed E-state index contributed by atoms with van der Waals surface area (Å²) >= 11 is 0. The molecule has 1 saturated heterocycles. The first-order chi connectivity index (χ1) is 14.4. The number of aliphatic imine (C=N–C) groups is 1. The molecule has 30 heavy (non-hydrogen) atoms. The summed E-state index contributed by atoms with van der Waals surface area (Å²) in [4.78, 5) is 24.1. The van der Waals surface area contributed by atoms with E-state index < -0.39 is 12.8 Å². The third-order valence-electron chi connectivity index (χ3n) is 4.47. The highest BCUT2D eigenvalue weighted by molar-refractivity contribution is 5.91. The fraction of sp³-hybridized carbons (Fsp3) is 0.421. The summed E-state index contributed by atoms with van der Waals surface area (Å²) in [6.07, 6.45) is -1.61. The fourth-order valence-electron chi connectivity index (χ4n) is 3.02. The number of piperazine rings is 1. The second kappa shape index (κ2) is 9.51. The first kappa shape index (κ1) is 21.5. The molecule has 0 aromatic carbocycles. The van der Waals surface area contributed by atoms with E-state index in [1.54, 1.807) is 36.2 Å². The number of aromatic nitrogens is 1. The predicted molar refractivity (Wildman–Crippen MR) is 102 cm³/mol. The molecular weight excluding hydrogens is 403 g/mol. The van der Waals surface area contributed by atoms with Crippen LogP contribution in [0.2, 0.25) is 0 Å². The van der Waals surface area contributed by atoms with Gasteiger partial charge in [-0.2, -0.15) is 13.2 Å². The Morgan fingerprint density at radius 3 is 2.60 bits per heavy atom. The monoisotopic (exact) mass is 425 g/mol. The zero-order valence-electron chi connectivity index (χ0n) is 16.4. The molecule has 162 valence electrons. The number of alkyl halides is 3. The minimum absolute atomic E-state index is 0.0772. The van der Waals surface area contributed by atoms with E-state index in [9.17, 15) is 18.0 Å². The number of amides is 1. The van der Waals surface area contributed by atoms with E-state index in [1.165, 1.54) is 12.5 Å². The van der Waals surface area contributed by atoms with Gasteiger partial charge >= 0.3 is 6.18 Å². The molecule has 0 aliphatic carbocycles. The molecule has 0 spiro atoms. The predicted octanol–water partition coefficient (Wildman–Crippen LogP) is 2.15. The number of carbonyl (C=O) groups is 1. The molecule has 0 atom stereocenters. The van der Waals surface area contributed by atoms with E-state index in [2.05, 4.69) is 15.3 Å². The van der Waals surface area contributed by atoms with Gasteiger partial charge in [0.05, 0.1) is 6.26 Å². The van der Waals surface area contributed by atoms with Crippen molar-refractivity contribution in [2.75, 3.05) is 39.8 Å². The number of hydrogen-bond donors (Lipinski definition) is 1. The van der Waals surface area contributed by atoms with Gasteiger partial charge in [0, 0.05) is 51.5 Å². The summed E-state index contributed by atoms with van der Waals surface area (Å²) in [6, 6.07) is 6.56. The van der Waals surface area contributed by atoms with Crippen molar-refractivity contribution in [3.05, 3.63) is 48.0 Å². The average Bonchev–Trinajstić information content (AvgIpc) is 3.28. The minimum Gasteiger partial charge on any atom is -0.468 e. The van der Waals surface area contributed by atoms with Crippen molar-refractivity contribution >= 4 is 11.9 Å². The maximum absolute atomic E-state index is 12.4. The first-order valence-corrected chi connectivity index (χ1v) is 9.29. The van der Waals surface area contributed by atoms with Crippen LogP contribution < -0.4 is 10.1 Å². The topological polar surface area (TPSA) is 83.2 Å². The highest BCUT2D eigenvalue weighted by Crippen LogP contribution is 2.20.